The van der Waals surface area contributed by atoms with Gasteiger partial charge < -0.3 is 4.42 Å². The van der Waals surface area contributed by atoms with Crippen LogP contribution in [0.5, 0.6) is 0 Å². The Morgan fingerprint density at radius 3 is 2.16 bits per heavy atom. The van der Waals surface area contributed by atoms with Crippen molar-refractivity contribution in [3.05, 3.63) is 95.0 Å². The molecule has 4 rings (SSSR count). The Hall–Kier alpha value is -4.18. The number of hydrogen-bond donors (Lipinski definition) is 1. The number of para-hydroxylation sites is 3. The summed E-state index contributed by atoms with van der Waals surface area (Å²) in [4.78, 5) is 23.3. The second-order valence-corrected chi connectivity index (χ2v) is 7.40. The van der Waals surface area contributed by atoms with Gasteiger partial charge >= 0.3 is 0 Å². The van der Waals surface area contributed by atoms with E-state index in [-0.39, 0.29) is 34.0 Å². The highest BCUT2D eigenvalue weighted by molar-refractivity contribution is 7.99. The lowest BCUT2D eigenvalue weighted by Gasteiger charge is -2.25. The monoisotopic (exact) mass is 447 g/mol. The van der Waals surface area contributed by atoms with Crippen molar-refractivity contribution in [1.29, 1.82) is 0 Å². The number of anilines is 2. The van der Waals surface area contributed by atoms with Gasteiger partial charge in [-0.25, -0.2) is 0 Å². The van der Waals surface area contributed by atoms with E-state index in [1.165, 1.54) is 12.1 Å². The number of nitrogens with one attached hydrogen (secondary N) is 1. The van der Waals surface area contributed by atoms with Crippen molar-refractivity contribution in [3.63, 3.8) is 0 Å². The number of amides is 1. The molecule has 1 N–H and O–H groups in total. The lowest BCUT2D eigenvalue weighted by atomic mass is 10.2. The first-order chi connectivity index (χ1) is 15.6. The predicted molar refractivity (Wildman–Crippen MR) is 120 cm³/mol. The van der Waals surface area contributed by atoms with Crippen LogP contribution in [0.2, 0.25) is 0 Å². The van der Waals surface area contributed by atoms with E-state index in [9.17, 15) is 14.9 Å². The fourth-order valence-electron chi connectivity index (χ4n) is 2.91. The van der Waals surface area contributed by atoms with Crippen LogP contribution in [0.1, 0.15) is 0 Å². The molecule has 0 radical (unpaired) electrons. The van der Waals surface area contributed by atoms with E-state index in [2.05, 4.69) is 15.6 Å². The smallest absolute Gasteiger partial charge is 0.282 e. The second-order valence-electron chi connectivity index (χ2n) is 6.48. The van der Waals surface area contributed by atoms with Gasteiger partial charge in [-0.05, 0) is 30.3 Å². The van der Waals surface area contributed by atoms with Gasteiger partial charge in [-0.1, -0.05) is 60.3 Å². The highest BCUT2D eigenvalue weighted by Gasteiger charge is 2.20. The molecule has 1 aromatic heterocycles. The Balaban J connectivity index is 1.44. The summed E-state index contributed by atoms with van der Waals surface area (Å²) in [5, 5.41) is 20.8. The summed E-state index contributed by atoms with van der Waals surface area (Å²) >= 11 is 1.04. The first-order valence-corrected chi connectivity index (χ1v) is 10.5. The van der Waals surface area contributed by atoms with Crippen LogP contribution in [-0.4, -0.2) is 26.8 Å². The molecule has 1 amide bonds. The van der Waals surface area contributed by atoms with Gasteiger partial charge in [0.2, 0.25) is 5.91 Å². The van der Waals surface area contributed by atoms with Crippen LogP contribution in [0.15, 0.2) is 94.6 Å². The summed E-state index contributed by atoms with van der Waals surface area (Å²) in [5.74, 6) is -0.252. The predicted octanol–water partition coefficient (Wildman–Crippen LogP) is 4.61. The fourth-order valence-corrected chi connectivity index (χ4v) is 3.46. The van der Waals surface area contributed by atoms with Crippen molar-refractivity contribution < 1.29 is 14.1 Å². The molecular formula is C22H17N5O4S. The molecule has 4 aromatic rings. The van der Waals surface area contributed by atoms with Crippen molar-refractivity contribution >= 4 is 34.7 Å². The zero-order chi connectivity index (χ0) is 22.3. The molecule has 10 heteroatoms. The third-order valence-corrected chi connectivity index (χ3v) is 5.15. The summed E-state index contributed by atoms with van der Waals surface area (Å²) in [7, 11) is 0. The number of benzene rings is 3. The number of hydrogen-bond acceptors (Lipinski definition) is 8. The molecule has 9 nitrogen and oxygen atoms in total. The zero-order valence-electron chi connectivity index (χ0n) is 16.6. The van der Waals surface area contributed by atoms with Gasteiger partial charge in [0.25, 0.3) is 16.8 Å². The molecule has 0 bridgehead atoms. The van der Waals surface area contributed by atoms with Crippen molar-refractivity contribution in [2.24, 2.45) is 0 Å². The Kier molecular flexibility index (Phi) is 6.42. The van der Waals surface area contributed by atoms with E-state index in [4.69, 9.17) is 4.42 Å². The van der Waals surface area contributed by atoms with Crippen LogP contribution in [0.25, 0.3) is 11.5 Å². The average Bonchev–Trinajstić information content (AvgIpc) is 3.31. The van der Waals surface area contributed by atoms with E-state index < -0.39 is 4.92 Å². The maximum Gasteiger partial charge on any atom is 0.282 e. The first kappa shape index (κ1) is 21.1. The minimum atomic E-state index is -0.512. The van der Waals surface area contributed by atoms with Gasteiger partial charge in [0.05, 0.1) is 22.1 Å². The number of hydrazine groups is 1. The number of thioether (sulfide) groups is 1. The third kappa shape index (κ3) is 4.93. The first-order valence-electron chi connectivity index (χ1n) is 9.51. The van der Waals surface area contributed by atoms with Crippen LogP contribution in [0, 0.1) is 10.1 Å². The summed E-state index contributed by atoms with van der Waals surface area (Å²) < 4.78 is 5.53. The van der Waals surface area contributed by atoms with Crippen LogP contribution in [0.3, 0.4) is 0 Å². The van der Waals surface area contributed by atoms with E-state index in [0.717, 1.165) is 23.1 Å². The maximum absolute atomic E-state index is 12.6. The van der Waals surface area contributed by atoms with Crippen LogP contribution < -0.4 is 10.4 Å². The molecule has 0 atom stereocenters. The normalized spacial score (nSPS) is 10.5. The minimum absolute atomic E-state index is 0.00861. The SMILES string of the molecule is O=C(CSc1nnc(-c2ccccc2[N+](=O)[O-])o1)NN(c1ccccc1)c1ccccc1. The molecule has 0 saturated heterocycles. The van der Waals surface area contributed by atoms with E-state index in [1.54, 1.807) is 17.1 Å². The molecule has 0 fully saturated rings. The van der Waals surface area contributed by atoms with Gasteiger partial charge in [0.1, 0.15) is 5.56 Å². The molecule has 0 saturated carbocycles. The fraction of sp³-hybridized carbons (Fsp3) is 0.0455. The molecule has 32 heavy (non-hydrogen) atoms. The molecule has 1 heterocycles. The van der Waals surface area contributed by atoms with Crippen LogP contribution in [-0.2, 0) is 4.79 Å². The number of nitro benzene ring substituents is 1. The number of aromatic nitrogens is 2. The van der Waals surface area contributed by atoms with Crippen molar-refractivity contribution in [3.8, 4) is 11.5 Å². The highest BCUT2D eigenvalue weighted by Crippen LogP contribution is 2.30. The third-order valence-electron chi connectivity index (χ3n) is 4.33. The molecule has 160 valence electrons. The number of carbonyl (C=O) groups excluding carboxylic acids is 1. The lowest BCUT2D eigenvalue weighted by molar-refractivity contribution is -0.384. The van der Waals surface area contributed by atoms with Gasteiger partial charge in [0, 0.05) is 6.07 Å². The van der Waals surface area contributed by atoms with Crippen molar-refractivity contribution in [2.45, 2.75) is 5.22 Å². The summed E-state index contributed by atoms with van der Waals surface area (Å²) in [6, 6.07) is 25.0. The number of rotatable bonds is 8. The molecule has 0 aliphatic heterocycles. The molecule has 0 spiro atoms. The Morgan fingerprint density at radius 2 is 1.53 bits per heavy atom. The lowest BCUT2D eigenvalue weighted by Crippen LogP contribution is -2.39. The maximum atomic E-state index is 12.6. The van der Waals surface area contributed by atoms with Gasteiger partial charge in [-0.15, -0.1) is 10.2 Å². The quantitative estimate of drug-likeness (QED) is 0.237. The summed E-state index contributed by atoms with van der Waals surface area (Å²) in [6.07, 6.45) is 0. The molecule has 3 aromatic carbocycles. The summed E-state index contributed by atoms with van der Waals surface area (Å²) in [5.41, 5.74) is 4.57. The van der Waals surface area contributed by atoms with Gasteiger partial charge in [0.15, 0.2) is 0 Å². The Labute approximate surface area is 187 Å². The standard InChI is InChI=1S/C22H17N5O4S/c28-20(25-26(16-9-3-1-4-10-16)17-11-5-2-6-12-17)15-32-22-24-23-21(31-22)18-13-7-8-14-19(18)27(29)30/h1-14H,15H2,(H,25,28). The largest absolute Gasteiger partial charge is 0.411 e. The van der Waals surface area contributed by atoms with E-state index in [1.807, 2.05) is 60.7 Å². The minimum Gasteiger partial charge on any atom is -0.411 e. The number of nitrogens with zero attached hydrogens (tertiary/aromatic N) is 4. The van der Waals surface area contributed by atoms with Gasteiger partial charge in [-0.2, -0.15) is 0 Å². The molecular weight excluding hydrogens is 430 g/mol. The molecule has 0 aliphatic rings. The van der Waals surface area contributed by atoms with Crippen molar-refractivity contribution in [1.82, 2.24) is 15.6 Å². The van der Waals surface area contributed by atoms with Crippen LogP contribution in [0.4, 0.5) is 17.1 Å². The average molecular weight is 447 g/mol. The van der Waals surface area contributed by atoms with E-state index >= 15 is 0 Å². The zero-order valence-corrected chi connectivity index (χ0v) is 17.4. The number of carbonyl (C=O) groups is 1. The Bertz CT molecular complexity index is 1180. The molecule has 0 unspecified atom stereocenters. The van der Waals surface area contributed by atoms with Gasteiger partial charge in [-0.3, -0.25) is 25.3 Å². The highest BCUT2D eigenvalue weighted by atomic mass is 32.2. The second kappa shape index (κ2) is 9.75. The Morgan fingerprint density at radius 1 is 0.938 bits per heavy atom. The van der Waals surface area contributed by atoms with Crippen molar-refractivity contribution in [2.75, 3.05) is 10.8 Å². The van der Waals surface area contributed by atoms with E-state index in [0.29, 0.717) is 0 Å². The summed E-state index contributed by atoms with van der Waals surface area (Å²) in [6.45, 7) is 0. The number of nitro groups is 1. The van der Waals surface area contributed by atoms with Crippen LogP contribution >= 0.6 is 11.8 Å². The molecule has 0 aliphatic carbocycles. The topological polar surface area (TPSA) is 114 Å².